The van der Waals surface area contributed by atoms with E-state index in [4.69, 9.17) is 40.5 Å². The highest BCUT2D eigenvalue weighted by atomic mass is 35.5. The molecule has 1 aromatic carbocycles. The van der Waals surface area contributed by atoms with Crippen LogP contribution in [0.25, 0.3) is 0 Å². The van der Waals surface area contributed by atoms with E-state index < -0.39 is 0 Å². The van der Waals surface area contributed by atoms with Gasteiger partial charge in [0.25, 0.3) is 0 Å². The molecule has 0 saturated heterocycles. The molecule has 0 aromatic heterocycles. The minimum Gasteiger partial charge on any atom is -0.324 e. The summed E-state index contributed by atoms with van der Waals surface area (Å²) in [6.07, 6.45) is 0. The molecule has 0 aliphatic heterocycles. The predicted octanol–water partition coefficient (Wildman–Crippen LogP) is 4.09. The maximum absolute atomic E-state index is 5.89. The van der Waals surface area contributed by atoms with Crippen LogP contribution in [0.15, 0.2) is 12.1 Å². The number of halogens is 4. The molecule has 0 spiro atoms. The second-order valence-electron chi connectivity index (χ2n) is 2.58. The van der Waals surface area contributed by atoms with Gasteiger partial charge in [0.1, 0.15) is 0 Å². The van der Waals surface area contributed by atoms with Crippen molar-refractivity contribution in [3.63, 3.8) is 0 Å². The minimum atomic E-state index is -0.159. The summed E-state index contributed by atoms with van der Waals surface area (Å²) in [4.78, 5) is 0. The van der Waals surface area contributed by atoms with Gasteiger partial charge in [-0.1, -0.05) is 34.8 Å². The predicted molar refractivity (Wildman–Crippen MR) is 61.3 cm³/mol. The van der Waals surface area contributed by atoms with Crippen LogP contribution in [0.1, 0.15) is 18.5 Å². The zero-order valence-electron chi connectivity index (χ0n) is 6.85. The lowest BCUT2D eigenvalue weighted by Crippen LogP contribution is -2.05. The fourth-order valence-corrected chi connectivity index (χ4v) is 1.70. The van der Waals surface area contributed by atoms with Crippen LogP contribution in [0.5, 0.6) is 0 Å². The van der Waals surface area contributed by atoms with Crippen molar-refractivity contribution in [1.82, 2.24) is 0 Å². The van der Waals surface area contributed by atoms with E-state index in [9.17, 15) is 0 Å². The molecule has 74 valence electrons. The van der Waals surface area contributed by atoms with Crippen molar-refractivity contribution in [3.05, 3.63) is 32.8 Å². The highest BCUT2D eigenvalue weighted by Gasteiger charge is 2.09. The van der Waals surface area contributed by atoms with Gasteiger partial charge in [-0.15, -0.1) is 12.4 Å². The maximum Gasteiger partial charge on any atom is 0.0640 e. The van der Waals surface area contributed by atoms with Crippen molar-refractivity contribution in [2.45, 2.75) is 13.0 Å². The van der Waals surface area contributed by atoms with E-state index in [2.05, 4.69) is 0 Å². The van der Waals surface area contributed by atoms with Crippen LogP contribution < -0.4 is 5.73 Å². The largest absolute Gasteiger partial charge is 0.324 e. The first-order valence-corrected chi connectivity index (χ1v) is 4.55. The second kappa shape index (κ2) is 5.28. The van der Waals surface area contributed by atoms with Gasteiger partial charge in [0.05, 0.1) is 10.0 Å². The Morgan fingerprint density at radius 3 is 2.23 bits per heavy atom. The molecule has 1 rings (SSSR count). The lowest BCUT2D eigenvalue weighted by molar-refractivity contribution is 0.818. The van der Waals surface area contributed by atoms with Gasteiger partial charge in [0.2, 0.25) is 0 Å². The van der Waals surface area contributed by atoms with E-state index in [0.717, 1.165) is 5.56 Å². The maximum atomic E-state index is 5.89. The first-order valence-electron chi connectivity index (χ1n) is 3.42. The fraction of sp³-hybridized carbons (Fsp3) is 0.250. The van der Waals surface area contributed by atoms with Crippen molar-refractivity contribution in [2.75, 3.05) is 0 Å². The van der Waals surface area contributed by atoms with Crippen LogP contribution in [0.4, 0.5) is 0 Å². The van der Waals surface area contributed by atoms with Crippen molar-refractivity contribution in [1.29, 1.82) is 0 Å². The number of benzene rings is 1. The summed E-state index contributed by atoms with van der Waals surface area (Å²) in [6, 6.07) is 3.16. The molecule has 0 fully saturated rings. The van der Waals surface area contributed by atoms with E-state index in [-0.39, 0.29) is 18.4 Å². The third kappa shape index (κ3) is 3.19. The Bertz CT molecular complexity index is 298. The van der Waals surface area contributed by atoms with Crippen LogP contribution in [0.3, 0.4) is 0 Å². The van der Waals surface area contributed by atoms with Crippen molar-refractivity contribution < 1.29 is 0 Å². The molecule has 2 N–H and O–H groups in total. The Morgan fingerprint density at radius 1 is 1.23 bits per heavy atom. The molecule has 0 unspecified atom stereocenters. The normalized spacial score (nSPS) is 12.1. The summed E-state index contributed by atoms with van der Waals surface area (Å²) in [6.45, 7) is 1.83. The lowest BCUT2D eigenvalue weighted by Gasteiger charge is -2.09. The minimum absolute atomic E-state index is 0. The van der Waals surface area contributed by atoms with Crippen molar-refractivity contribution in [3.8, 4) is 0 Å². The summed E-state index contributed by atoms with van der Waals surface area (Å²) in [5, 5.41) is 1.48. The molecule has 0 bridgehead atoms. The van der Waals surface area contributed by atoms with Crippen LogP contribution in [0, 0.1) is 0 Å². The van der Waals surface area contributed by atoms with Gasteiger partial charge in [0.15, 0.2) is 0 Å². The van der Waals surface area contributed by atoms with E-state index in [1.807, 2.05) is 6.92 Å². The van der Waals surface area contributed by atoms with Crippen molar-refractivity contribution >= 4 is 47.2 Å². The molecule has 0 amide bonds. The van der Waals surface area contributed by atoms with E-state index in [1.54, 1.807) is 12.1 Å². The average molecular weight is 261 g/mol. The van der Waals surface area contributed by atoms with Crippen LogP contribution >= 0.6 is 47.2 Å². The number of hydrogen-bond donors (Lipinski definition) is 1. The summed E-state index contributed by atoms with van der Waals surface area (Å²) < 4.78 is 0. The number of rotatable bonds is 1. The molecule has 0 heterocycles. The topological polar surface area (TPSA) is 26.0 Å². The average Bonchev–Trinajstić information content (AvgIpc) is 1.96. The molecular formula is C8H9Cl4N. The number of nitrogens with two attached hydrogens (primary N) is 1. The second-order valence-corrected chi connectivity index (χ2v) is 3.80. The lowest BCUT2D eigenvalue weighted by atomic mass is 10.1. The van der Waals surface area contributed by atoms with Gasteiger partial charge in [-0.05, 0) is 24.6 Å². The Hall–Kier alpha value is 0.340. The quantitative estimate of drug-likeness (QED) is 0.757. The summed E-state index contributed by atoms with van der Waals surface area (Å²) in [5.41, 5.74) is 6.42. The van der Waals surface area contributed by atoms with Crippen LogP contribution in [-0.2, 0) is 0 Å². The van der Waals surface area contributed by atoms with Gasteiger partial charge in [0, 0.05) is 11.1 Å². The highest BCUT2D eigenvalue weighted by molar-refractivity contribution is 6.43. The molecule has 5 heteroatoms. The molecule has 1 aromatic rings. The van der Waals surface area contributed by atoms with Gasteiger partial charge in [-0.3, -0.25) is 0 Å². The first kappa shape index (κ1) is 13.3. The summed E-state index contributed by atoms with van der Waals surface area (Å²) >= 11 is 17.4. The smallest absolute Gasteiger partial charge is 0.0640 e. The van der Waals surface area contributed by atoms with Gasteiger partial charge < -0.3 is 5.73 Å². The van der Waals surface area contributed by atoms with Gasteiger partial charge in [-0.2, -0.15) is 0 Å². The standard InChI is InChI=1S/C8H8Cl3N.ClH/c1-4(12)6-2-5(9)3-7(10)8(6)11;/h2-4H,12H2,1H3;1H/t4-;/m1./s1. The Morgan fingerprint density at radius 2 is 1.77 bits per heavy atom. The molecular weight excluding hydrogens is 252 g/mol. The SMILES string of the molecule is C[C@@H](N)c1cc(Cl)cc(Cl)c1Cl.Cl. The third-order valence-electron chi connectivity index (χ3n) is 1.51. The Balaban J connectivity index is 0.00000144. The molecule has 1 atom stereocenters. The Kier molecular flexibility index (Phi) is 5.42. The fourth-order valence-electron chi connectivity index (χ4n) is 0.907. The van der Waals surface area contributed by atoms with E-state index >= 15 is 0 Å². The van der Waals surface area contributed by atoms with Gasteiger partial charge in [-0.25, -0.2) is 0 Å². The van der Waals surface area contributed by atoms with Crippen LogP contribution in [0.2, 0.25) is 15.1 Å². The number of hydrogen-bond acceptors (Lipinski definition) is 1. The zero-order valence-corrected chi connectivity index (χ0v) is 9.94. The monoisotopic (exact) mass is 259 g/mol. The zero-order chi connectivity index (χ0) is 9.30. The summed E-state index contributed by atoms with van der Waals surface area (Å²) in [5.74, 6) is 0. The molecule has 0 saturated carbocycles. The molecule has 0 aliphatic rings. The molecule has 13 heavy (non-hydrogen) atoms. The van der Waals surface area contributed by atoms with Gasteiger partial charge >= 0.3 is 0 Å². The van der Waals surface area contributed by atoms with E-state index in [1.165, 1.54) is 0 Å². The highest BCUT2D eigenvalue weighted by Crippen LogP contribution is 2.32. The molecule has 1 nitrogen and oxygen atoms in total. The molecule has 0 radical (unpaired) electrons. The van der Waals surface area contributed by atoms with Crippen molar-refractivity contribution in [2.24, 2.45) is 5.73 Å². The molecule has 0 aliphatic carbocycles. The van der Waals surface area contributed by atoms with Crippen LogP contribution in [-0.4, -0.2) is 0 Å². The third-order valence-corrected chi connectivity index (χ3v) is 2.55. The Labute approximate surface area is 98.6 Å². The van der Waals surface area contributed by atoms with E-state index in [0.29, 0.717) is 15.1 Å². The summed E-state index contributed by atoms with van der Waals surface area (Å²) in [7, 11) is 0. The first-order chi connectivity index (χ1) is 5.52.